The monoisotopic (exact) mass is 535 g/mol. The molecule has 4 rings (SSSR count). The molecule has 0 saturated heterocycles. The molecule has 7 nitrogen and oxygen atoms in total. The first-order valence-electron chi connectivity index (χ1n) is 11.6. The number of imide groups is 1. The summed E-state index contributed by atoms with van der Waals surface area (Å²) in [4.78, 5) is 41.3. The largest absolute Gasteiger partial charge is 0.497 e. The molecule has 2 N–H and O–H groups in total. The van der Waals surface area contributed by atoms with Crippen LogP contribution in [0.4, 0.5) is 11.4 Å². The third-order valence-corrected chi connectivity index (χ3v) is 6.90. The quantitative estimate of drug-likeness (QED) is 0.325. The van der Waals surface area contributed by atoms with Crippen molar-refractivity contribution in [1.82, 2.24) is 4.90 Å². The van der Waals surface area contributed by atoms with Gasteiger partial charge in [0.1, 0.15) is 16.4 Å². The molecule has 0 aromatic heterocycles. The molecule has 37 heavy (non-hydrogen) atoms. The zero-order valence-corrected chi connectivity index (χ0v) is 22.2. The van der Waals surface area contributed by atoms with E-state index in [-0.39, 0.29) is 29.3 Å². The number of carbonyl (C=O) groups excluding carboxylic acids is 3. The molecular weight excluding hydrogens is 510 g/mol. The molecule has 0 saturated carbocycles. The fraction of sp³-hybridized carbons (Fsp3) is 0.179. The molecule has 9 heteroatoms. The third kappa shape index (κ3) is 6.15. The molecule has 0 aliphatic carbocycles. The number of anilines is 2. The molecule has 1 heterocycles. The number of nitrogens with one attached hydrogen (secondary N) is 2. The Bertz CT molecular complexity index is 1350. The Labute approximate surface area is 224 Å². The summed E-state index contributed by atoms with van der Waals surface area (Å²) in [5, 5.41) is 6.31. The summed E-state index contributed by atoms with van der Waals surface area (Å²) in [6.07, 6.45) is 0. The minimum atomic E-state index is -0.361. The van der Waals surface area contributed by atoms with Gasteiger partial charge in [-0.25, -0.2) is 0 Å². The number of hydrogen-bond acceptors (Lipinski definition) is 6. The molecule has 0 unspecified atom stereocenters. The number of hydrogen-bond donors (Lipinski definition) is 2. The number of amides is 3. The van der Waals surface area contributed by atoms with E-state index in [9.17, 15) is 14.4 Å². The Morgan fingerprint density at radius 3 is 2.22 bits per heavy atom. The van der Waals surface area contributed by atoms with Crippen molar-refractivity contribution in [3.8, 4) is 5.75 Å². The minimum Gasteiger partial charge on any atom is -0.497 e. The number of thioether (sulfide) groups is 1. The van der Waals surface area contributed by atoms with Gasteiger partial charge in [0.2, 0.25) is 0 Å². The smallest absolute Gasteiger partial charge is 0.278 e. The molecule has 0 spiro atoms. The van der Waals surface area contributed by atoms with Gasteiger partial charge < -0.3 is 15.4 Å². The number of halogens is 1. The molecule has 3 aromatic carbocycles. The highest BCUT2D eigenvalue weighted by atomic mass is 35.5. The van der Waals surface area contributed by atoms with Crippen LogP contribution >= 0.6 is 23.4 Å². The van der Waals surface area contributed by atoms with Crippen LogP contribution in [0.25, 0.3) is 0 Å². The second kappa shape index (κ2) is 11.5. The van der Waals surface area contributed by atoms with Crippen molar-refractivity contribution in [3.63, 3.8) is 0 Å². The average Bonchev–Trinajstić information content (AvgIpc) is 3.09. The number of ether oxygens (including phenoxy) is 1. The molecular formula is C28H26ClN3O4S. The van der Waals surface area contributed by atoms with Crippen LogP contribution in [-0.4, -0.2) is 36.3 Å². The molecule has 0 bridgehead atoms. The van der Waals surface area contributed by atoms with E-state index in [0.717, 1.165) is 4.90 Å². The highest BCUT2D eigenvalue weighted by molar-refractivity contribution is 8.04. The highest BCUT2D eigenvalue weighted by Crippen LogP contribution is 2.36. The summed E-state index contributed by atoms with van der Waals surface area (Å²) in [6.45, 7) is 4.23. The Kier molecular flexibility index (Phi) is 8.21. The molecule has 0 fully saturated rings. The summed E-state index contributed by atoms with van der Waals surface area (Å²) >= 11 is 7.32. The first kappa shape index (κ1) is 26.3. The average molecular weight is 536 g/mol. The van der Waals surface area contributed by atoms with E-state index in [1.54, 1.807) is 79.9 Å². The van der Waals surface area contributed by atoms with Gasteiger partial charge in [-0.2, -0.15) is 0 Å². The minimum absolute atomic E-state index is 0.125. The van der Waals surface area contributed by atoms with E-state index in [1.807, 2.05) is 13.8 Å². The van der Waals surface area contributed by atoms with Crippen LogP contribution < -0.4 is 15.4 Å². The summed E-state index contributed by atoms with van der Waals surface area (Å²) < 4.78 is 5.20. The molecule has 3 amide bonds. The number of benzene rings is 3. The predicted molar refractivity (Wildman–Crippen MR) is 147 cm³/mol. The molecule has 1 aliphatic heterocycles. The van der Waals surface area contributed by atoms with Crippen molar-refractivity contribution in [2.45, 2.75) is 18.7 Å². The van der Waals surface area contributed by atoms with Crippen molar-refractivity contribution < 1.29 is 19.1 Å². The predicted octanol–water partition coefficient (Wildman–Crippen LogP) is 6.04. The van der Waals surface area contributed by atoms with Gasteiger partial charge in [0.05, 0.1) is 17.7 Å². The van der Waals surface area contributed by atoms with Gasteiger partial charge in [-0.3, -0.25) is 19.3 Å². The zero-order valence-electron chi connectivity index (χ0n) is 20.6. The van der Waals surface area contributed by atoms with Crippen LogP contribution in [0.15, 0.2) is 88.3 Å². The number of carbonyl (C=O) groups is 3. The van der Waals surface area contributed by atoms with Crippen LogP contribution in [-0.2, 0) is 9.59 Å². The van der Waals surface area contributed by atoms with E-state index >= 15 is 0 Å². The van der Waals surface area contributed by atoms with Gasteiger partial charge in [-0.1, -0.05) is 49.3 Å². The number of methoxy groups -OCH3 is 1. The Morgan fingerprint density at radius 1 is 0.946 bits per heavy atom. The van der Waals surface area contributed by atoms with Crippen molar-refractivity contribution >= 4 is 52.5 Å². The fourth-order valence-electron chi connectivity index (χ4n) is 3.68. The maximum atomic E-state index is 13.3. The van der Waals surface area contributed by atoms with Crippen LogP contribution in [0.1, 0.15) is 24.2 Å². The first-order valence-corrected chi connectivity index (χ1v) is 12.8. The van der Waals surface area contributed by atoms with Gasteiger partial charge in [-0.15, -0.1) is 0 Å². The lowest BCUT2D eigenvalue weighted by molar-refractivity contribution is -0.137. The van der Waals surface area contributed by atoms with Crippen molar-refractivity contribution in [2.75, 3.05) is 24.3 Å². The van der Waals surface area contributed by atoms with E-state index in [2.05, 4.69) is 10.6 Å². The Morgan fingerprint density at radius 2 is 1.59 bits per heavy atom. The zero-order chi connectivity index (χ0) is 26.5. The summed E-state index contributed by atoms with van der Waals surface area (Å²) in [5.41, 5.74) is 1.86. The summed E-state index contributed by atoms with van der Waals surface area (Å²) in [7, 11) is 1.58. The normalized spacial score (nSPS) is 13.4. The van der Waals surface area contributed by atoms with Gasteiger partial charge in [0, 0.05) is 22.8 Å². The van der Waals surface area contributed by atoms with Crippen molar-refractivity contribution in [3.05, 3.63) is 94.0 Å². The summed E-state index contributed by atoms with van der Waals surface area (Å²) in [6, 6.07) is 21.0. The maximum Gasteiger partial charge on any atom is 0.278 e. The van der Waals surface area contributed by atoms with Crippen LogP contribution in [0.2, 0.25) is 5.02 Å². The second-order valence-electron chi connectivity index (χ2n) is 8.73. The van der Waals surface area contributed by atoms with E-state index < -0.39 is 0 Å². The Balaban J connectivity index is 1.55. The molecule has 0 radical (unpaired) electrons. The number of nitrogens with zero attached hydrogens (tertiary/aromatic N) is 1. The van der Waals surface area contributed by atoms with Crippen LogP contribution in [0, 0.1) is 5.92 Å². The lowest BCUT2D eigenvalue weighted by Crippen LogP contribution is -2.35. The van der Waals surface area contributed by atoms with Crippen LogP contribution in [0.5, 0.6) is 5.75 Å². The maximum absolute atomic E-state index is 13.3. The SMILES string of the molecule is COc1ccc(NC2=C(Sc3ccc(NC(=O)c4ccccc4Cl)cc3)C(=O)N(CC(C)C)C2=O)cc1. The summed E-state index contributed by atoms with van der Waals surface area (Å²) in [5.74, 6) is -0.205. The van der Waals surface area contributed by atoms with Gasteiger partial charge in [0.15, 0.2) is 0 Å². The molecule has 1 aliphatic rings. The third-order valence-electron chi connectivity index (χ3n) is 5.48. The van der Waals surface area contributed by atoms with E-state index in [0.29, 0.717) is 39.2 Å². The fourth-order valence-corrected chi connectivity index (χ4v) is 4.84. The van der Waals surface area contributed by atoms with E-state index in [1.165, 1.54) is 16.7 Å². The molecule has 3 aromatic rings. The first-order chi connectivity index (χ1) is 17.8. The second-order valence-corrected chi connectivity index (χ2v) is 10.2. The van der Waals surface area contributed by atoms with Gasteiger partial charge in [-0.05, 0) is 66.6 Å². The topological polar surface area (TPSA) is 87.7 Å². The van der Waals surface area contributed by atoms with Gasteiger partial charge in [0.25, 0.3) is 17.7 Å². The lowest BCUT2D eigenvalue weighted by Gasteiger charge is -2.17. The highest BCUT2D eigenvalue weighted by Gasteiger charge is 2.39. The van der Waals surface area contributed by atoms with E-state index in [4.69, 9.17) is 16.3 Å². The van der Waals surface area contributed by atoms with Gasteiger partial charge >= 0.3 is 0 Å². The van der Waals surface area contributed by atoms with Crippen molar-refractivity contribution in [2.24, 2.45) is 5.92 Å². The van der Waals surface area contributed by atoms with Crippen LogP contribution in [0.3, 0.4) is 0 Å². The lowest BCUT2D eigenvalue weighted by atomic mass is 10.2. The number of rotatable bonds is 9. The standard InChI is InChI=1S/C28H26ClN3O4S/c1-17(2)16-32-27(34)24(30-18-8-12-20(36-3)13-9-18)25(28(32)35)37-21-14-10-19(11-15-21)31-26(33)22-6-4-5-7-23(22)29/h4-15,17,30H,16H2,1-3H3,(H,31,33). The van der Waals surface area contributed by atoms with Crippen molar-refractivity contribution in [1.29, 1.82) is 0 Å². The Hall–Kier alpha value is -3.75. The molecule has 0 atom stereocenters. The molecule has 190 valence electrons.